The number of rotatable bonds is 12. The van der Waals surface area contributed by atoms with Gasteiger partial charge in [-0.05, 0) is 71.4 Å². The third-order valence-electron chi connectivity index (χ3n) is 6.06. The van der Waals surface area contributed by atoms with Gasteiger partial charge in [-0.3, -0.25) is 14.2 Å². The highest BCUT2D eigenvalue weighted by Crippen LogP contribution is 2.53. The van der Waals surface area contributed by atoms with Crippen LogP contribution >= 0.6 is 7.37 Å². The molecule has 11 heteroatoms. The smallest absolute Gasteiger partial charge is 0.408 e. The molecule has 0 aromatic heterocycles. The quantitative estimate of drug-likeness (QED) is 0.239. The van der Waals surface area contributed by atoms with E-state index in [1.165, 1.54) is 4.90 Å². The second kappa shape index (κ2) is 13.2. The lowest BCUT2D eigenvalue weighted by molar-refractivity contribution is -0.141. The van der Waals surface area contributed by atoms with E-state index in [4.69, 9.17) is 10.5 Å². The standard InChI is InChI=1S/C25H40N3O7P/c1-25(2,3)35-24(32)27-20(12-7-8-14-26)22(29)28-15-9-13-21(28)36(33,34)17-19(23(30)31)16-18-10-5-4-6-11-18/h4-6,10-11,19-21H,7-9,12-17,26H2,1-3H3,(H,27,32)(H,30,31)(H,33,34)/t19-,20+,21+/m1/s1. The first-order chi connectivity index (χ1) is 16.8. The molecule has 2 amide bonds. The first-order valence-electron chi connectivity index (χ1n) is 12.4. The minimum Gasteiger partial charge on any atom is -0.481 e. The maximum absolute atomic E-state index is 13.5. The molecule has 4 atom stereocenters. The van der Waals surface area contributed by atoms with Crippen LogP contribution in [0, 0.1) is 5.92 Å². The van der Waals surface area contributed by atoms with Crippen molar-refractivity contribution in [3.05, 3.63) is 35.9 Å². The molecule has 1 heterocycles. The highest BCUT2D eigenvalue weighted by molar-refractivity contribution is 7.58. The molecular formula is C25H40N3O7P. The molecule has 1 unspecified atom stereocenters. The molecule has 2 rings (SSSR count). The monoisotopic (exact) mass is 525 g/mol. The molecule has 0 spiro atoms. The number of hydrogen-bond donors (Lipinski definition) is 4. The molecule has 1 fully saturated rings. The Balaban J connectivity index is 2.18. The summed E-state index contributed by atoms with van der Waals surface area (Å²) in [7, 11) is -4.08. The fourth-order valence-electron chi connectivity index (χ4n) is 4.39. The summed E-state index contributed by atoms with van der Waals surface area (Å²) in [6, 6.07) is 7.99. The van der Waals surface area contributed by atoms with Gasteiger partial charge in [0.25, 0.3) is 0 Å². The molecule has 0 saturated carbocycles. The SMILES string of the molecule is CC(C)(C)OC(=O)N[C@@H](CCCCN)C(=O)N1CCC[C@@H]1P(=O)(O)C[C@@H](Cc1ccccc1)C(=O)O. The number of carboxylic acid groups (broad SMARTS) is 1. The number of unbranched alkanes of at least 4 members (excludes halogenated alkanes) is 1. The van der Waals surface area contributed by atoms with Gasteiger partial charge in [-0.25, -0.2) is 4.79 Å². The van der Waals surface area contributed by atoms with Crippen LogP contribution in [0.2, 0.25) is 0 Å². The fraction of sp³-hybridized carbons (Fsp3) is 0.640. The molecule has 0 bridgehead atoms. The van der Waals surface area contributed by atoms with E-state index in [2.05, 4.69) is 5.32 Å². The maximum atomic E-state index is 13.5. The van der Waals surface area contributed by atoms with Crippen LogP contribution in [0.1, 0.15) is 58.4 Å². The first kappa shape index (κ1) is 29.8. The van der Waals surface area contributed by atoms with E-state index in [-0.39, 0.29) is 13.0 Å². The van der Waals surface area contributed by atoms with Gasteiger partial charge in [0.05, 0.1) is 5.92 Å². The zero-order valence-corrected chi connectivity index (χ0v) is 22.3. The van der Waals surface area contributed by atoms with Crippen LogP contribution < -0.4 is 11.1 Å². The summed E-state index contributed by atoms with van der Waals surface area (Å²) in [5, 5.41) is 12.3. The molecule has 5 N–H and O–H groups in total. The van der Waals surface area contributed by atoms with Crippen LogP contribution in [0.5, 0.6) is 0 Å². The normalized spacial score (nSPS) is 19.2. The van der Waals surface area contributed by atoms with E-state index < -0.39 is 54.8 Å². The zero-order valence-electron chi connectivity index (χ0n) is 21.4. The lowest BCUT2D eigenvalue weighted by Gasteiger charge is -2.33. The highest BCUT2D eigenvalue weighted by atomic mass is 31.2. The molecule has 1 aliphatic rings. The van der Waals surface area contributed by atoms with Crippen LogP contribution in [-0.4, -0.2) is 69.5 Å². The summed E-state index contributed by atoms with van der Waals surface area (Å²) >= 11 is 0. The average Bonchev–Trinajstić information content (AvgIpc) is 3.28. The fourth-order valence-corrected chi connectivity index (χ4v) is 6.80. The molecular weight excluding hydrogens is 485 g/mol. The second-order valence-electron chi connectivity index (χ2n) is 10.3. The van der Waals surface area contributed by atoms with E-state index in [1.54, 1.807) is 45.0 Å². The number of benzene rings is 1. The van der Waals surface area contributed by atoms with Crippen LogP contribution in [0.15, 0.2) is 30.3 Å². The van der Waals surface area contributed by atoms with Crippen LogP contribution in [0.3, 0.4) is 0 Å². The van der Waals surface area contributed by atoms with E-state index in [9.17, 15) is 28.9 Å². The Morgan fingerprint density at radius 2 is 1.89 bits per heavy atom. The van der Waals surface area contributed by atoms with Crippen molar-refractivity contribution in [2.75, 3.05) is 19.3 Å². The predicted octanol–water partition coefficient (Wildman–Crippen LogP) is 3.17. The molecule has 1 saturated heterocycles. The van der Waals surface area contributed by atoms with E-state index in [0.29, 0.717) is 38.6 Å². The summed E-state index contributed by atoms with van der Waals surface area (Å²) in [5.74, 6) is -3.69. The van der Waals surface area contributed by atoms with Gasteiger partial charge < -0.3 is 30.7 Å². The summed E-state index contributed by atoms with van der Waals surface area (Å²) in [5.41, 5.74) is 5.58. The third-order valence-corrected chi connectivity index (χ3v) is 8.49. The van der Waals surface area contributed by atoms with Gasteiger partial charge in [0.1, 0.15) is 17.4 Å². The van der Waals surface area contributed by atoms with Gasteiger partial charge in [-0.2, -0.15) is 0 Å². The number of carboxylic acids is 1. The van der Waals surface area contributed by atoms with Gasteiger partial charge in [-0.15, -0.1) is 0 Å². The van der Waals surface area contributed by atoms with E-state index >= 15 is 0 Å². The Morgan fingerprint density at radius 3 is 2.47 bits per heavy atom. The van der Waals surface area contributed by atoms with Crippen molar-refractivity contribution in [1.82, 2.24) is 10.2 Å². The largest absolute Gasteiger partial charge is 0.481 e. The van der Waals surface area contributed by atoms with Gasteiger partial charge in [0.2, 0.25) is 13.3 Å². The summed E-state index contributed by atoms with van der Waals surface area (Å²) in [4.78, 5) is 50.2. The Labute approximate surface area is 213 Å². The summed E-state index contributed by atoms with van der Waals surface area (Å²) in [6.45, 7) is 5.83. The molecule has 1 aromatic carbocycles. The number of likely N-dealkylation sites (tertiary alicyclic amines) is 1. The van der Waals surface area contributed by atoms with Crippen LogP contribution in [0.4, 0.5) is 4.79 Å². The Bertz CT molecular complexity index is 935. The van der Waals surface area contributed by atoms with Crippen molar-refractivity contribution in [1.29, 1.82) is 0 Å². The van der Waals surface area contributed by atoms with Gasteiger partial charge in [0, 0.05) is 12.7 Å². The van der Waals surface area contributed by atoms with Gasteiger partial charge >= 0.3 is 12.1 Å². The zero-order chi connectivity index (χ0) is 26.9. The number of nitrogens with one attached hydrogen (secondary N) is 1. The number of nitrogens with zero attached hydrogens (tertiary/aromatic N) is 1. The Hall–Kier alpha value is -2.42. The van der Waals surface area contributed by atoms with Crippen molar-refractivity contribution >= 4 is 25.3 Å². The molecule has 1 aromatic rings. The molecule has 0 aliphatic carbocycles. The number of carbonyl (C=O) groups excluding carboxylic acids is 2. The first-order valence-corrected chi connectivity index (χ1v) is 14.3. The number of amides is 2. The van der Waals surface area contributed by atoms with Crippen LogP contribution in [-0.2, 0) is 25.3 Å². The molecule has 10 nitrogen and oxygen atoms in total. The minimum atomic E-state index is -4.08. The molecule has 202 valence electrons. The molecule has 0 radical (unpaired) electrons. The lowest BCUT2D eigenvalue weighted by atomic mass is 10.0. The lowest BCUT2D eigenvalue weighted by Crippen LogP contribution is -2.51. The molecule has 1 aliphatic heterocycles. The summed E-state index contributed by atoms with van der Waals surface area (Å²) < 4.78 is 18.8. The number of alkyl carbamates (subject to hydrolysis) is 1. The Morgan fingerprint density at radius 1 is 1.22 bits per heavy atom. The van der Waals surface area contributed by atoms with Gasteiger partial charge in [-0.1, -0.05) is 30.3 Å². The second-order valence-corrected chi connectivity index (χ2v) is 12.8. The van der Waals surface area contributed by atoms with Crippen molar-refractivity contribution in [2.24, 2.45) is 11.7 Å². The maximum Gasteiger partial charge on any atom is 0.408 e. The number of hydrogen-bond acceptors (Lipinski definition) is 6. The number of nitrogens with two attached hydrogens (primary N) is 1. The molecule has 36 heavy (non-hydrogen) atoms. The predicted molar refractivity (Wildman–Crippen MR) is 137 cm³/mol. The van der Waals surface area contributed by atoms with Gasteiger partial charge in [0.15, 0.2) is 0 Å². The highest BCUT2D eigenvalue weighted by Gasteiger charge is 2.45. The average molecular weight is 526 g/mol. The minimum absolute atomic E-state index is 0.114. The number of carbonyl (C=O) groups is 3. The third kappa shape index (κ3) is 9.22. The summed E-state index contributed by atoms with van der Waals surface area (Å²) in [6.07, 6.45) is 1.27. The van der Waals surface area contributed by atoms with Crippen molar-refractivity contribution < 1.29 is 33.7 Å². The van der Waals surface area contributed by atoms with Crippen molar-refractivity contribution in [3.8, 4) is 0 Å². The van der Waals surface area contributed by atoms with E-state index in [1.807, 2.05) is 6.07 Å². The van der Waals surface area contributed by atoms with Crippen molar-refractivity contribution in [3.63, 3.8) is 0 Å². The topological polar surface area (TPSA) is 159 Å². The number of aliphatic carboxylic acids is 1. The van der Waals surface area contributed by atoms with Crippen LogP contribution in [0.25, 0.3) is 0 Å². The Kier molecular flexibility index (Phi) is 10.9. The van der Waals surface area contributed by atoms with Crippen molar-refractivity contribution in [2.45, 2.75) is 76.7 Å². The van der Waals surface area contributed by atoms with E-state index in [0.717, 1.165) is 5.56 Å². The number of ether oxygens (including phenoxy) is 1.